The molecule has 0 unspecified atom stereocenters. The van der Waals surface area contributed by atoms with Crippen LogP contribution in [0.25, 0.3) is 11.2 Å². The second kappa shape index (κ2) is 17.6. The molecule has 330 valence electrons. The van der Waals surface area contributed by atoms with E-state index >= 15 is 4.39 Å². The van der Waals surface area contributed by atoms with E-state index in [9.17, 15) is 21.6 Å². The van der Waals surface area contributed by atoms with Crippen LogP contribution in [-0.4, -0.2) is 58.4 Å². The Morgan fingerprint density at radius 3 is 1.40 bits per heavy atom. The van der Waals surface area contributed by atoms with Crippen LogP contribution in [0.4, 0.5) is 23.4 Å². The molecule has 1 saturated heterocycles. The first-order chi connectivity index (χ1) is 31.4. The van der Waals surface area contributed by atoms with Gasteiger partial charge in [0.05, 0.1) is 12.9 Å². The highest BCUT2D eigenvalue weighted by Gasteiger charge is 2.58. The van der Waals surface area contributed by atoms with Gasteiger partial charge in [0.2, 0.25) is 0 Å². The van der Waals surface area contributed by atoms with Crippen molar-refractivity contribution < 1.29 is 44.4 Å². The Balaban J connectivity index is 1.28. The van der Waals surface area contributed by atoms with Gasteiger partial charge in [-0.05, 0) is 33.4 Å². The SMILES string of the molecule is Nc1nc(F)nc2c1ncn2[C@@H]1O[C@H](COC(c2ccccc2)(c2ccccc2)c2ccccc2)[C@@H](OS(=O)(=O)C(F)(F)F)[C@H]1OC(c1ccccc1)(c1ccccc1)c1ccccc1. The van der Waals surface area contributed by atoms with Gasteiger partial charge in [-0.15, -0.1) is 0 Å². The Bertz CT molecular complexity index is 2780. The molecule has 1 aliphatic heterocycles. The average molecular weight is 902 g/mol. The monoisotopic (exact) mass is 901 g/mol. The largest absolute Gasteiger partial charge is 0.523 e. The number of rotatable bonds is 14. The van der Waals surface area contributed by atoms with Crippen LogP contribution in [0.15, 0.2) is 188 Å². The Morgan fingerprint density at radius 1 is 0.600 bits per heavy atom. The molecule has 9 rings (SSSR count). The molecule has 8 aromatic rings. The summed E-state index contributed by atoms with van der Waals surface area (Å²) in [5.74, 6) is -0.334. The van der Waals surface area contributed by atoms with Crippen LogP contribution < -0.4 is 5.73 Å². The minimum absolute atomic E-state index is 0.0643. The minimum atomic E-state index is -6.40. The molecule has 0 spiro atoms. The molecule has 0 saturated carbocycles. The van der Waals surface area contributed by atoms with Gasteiger partial charge >= 0.3 is 21.7 Å². The van der Waals surface area contributed by atoms with E-state index < -0.39 is 64.1 Å². The Morgan fingerprint density at radius 2 is 1.00 bits per heavy atom. The molecule has 0 radical (unpaired) electrons. The molecular formula is C49H39F4N5O6S. The van der Waals surface area contributed by atoms with Gasteiger partial charge in [-0.2, -0.15) is 35.9 Å². The van der Waals surface area contributed by atoms with E-state index in [-0.39, 0.29) is 17.0 Å². The number of fused-ring (bicyclic) bond motifs is 1. The molecule has 1 aliphatic rings. The van der Waals surface area contributed by atoms with Crippen molar-refractivity contribution in [2.75, 3.05) is 12.3 Å². The zero-order chi connectivity index (χ0) is 45.2. The van der Waals surface area contributed by atoms with Crippen LogP contribution in [0.5, 0.6) is 0 Å². The summed E-state index contributed by atoms with van der Waals surface area (Å²) in [6.45, 7) is -0.597. The van der Waals surface area contributed by atoms with Crippen LogP contribution in [0, 0.1) is 6.08 Å². The summed E-state index contributed by atoms with van der Waals surface area (Å²) in [4.78, 5) is 11.9. The number of alkyl halides is 3. The number of halogens is 4. The third-order valence-electron chi connectivity index (χ3n) is 11.4. The van der Waals surface area contributed by atoms with Gasteiger partial charge in [-0.3, -0.25) is 8.75 Å². The summed E-state index contributed by atoms with van der Waals surface area (Å²) in [7, 11) is -6.40. The molecule has 65 heavy (non-hydrogen) atoms. The van der Waals surface area contributed by atoms with Gasteiger partial charge in [0.1, 0.15) is 29.5 Å². The standard InChI is InChI=1S/C49H39F4N5O6S/c50-46-56-43(54)40-44(57-46)58(32-55-40)45-42(63-48(36-25-13-4-14-26-36,37-27-15-5-16-28-37)38-29-17-6-18-30-38)41(64-65(59,60)49(51,52)53)39(62-45)31-61-47(33-19-7-1-8-20-33,34-21-9-2-10-22-34)35-23-11-3-12-24-35/h1-30,32,39,41-42,45H,31H2,(H2,54,56,57)/t39-,41-,42-,45-/m1/s1. The smallest absolute Gasteiger partial charge is 0.382 e. The summed E-state index contributed by atoms with van der Waals surface area (Å²) in [5.41, 5.74) is 0.220. The Labute approximate surface area is 371 Å². The van der Waals surface area contributed by atoms with Crippen LogP contribution in [0.3, 0.4) is 0 Å². The molecule has 4 atom stereocenters. The van der Waals surface area contributed by atoms with E-state index in [2.05, 4.69) is 15.0 Å². The third kappa shape index (κ3) is 8.04. The van der Waals surface area contributed by atoms with E-state index in [1.165, 1.54) is 10.9 Å². The number of anilines is 1. The van der Waals surface area contributed by atoms with Gasteiger partial charge < -0.3 is 19.9 Å². The molecule has 0 bridgehead atoms. The van der Waals surface area contributed by atoms with Gasteiger partial charge in [-0.1, -0.05) is 182 Å². The topological polar surface area (TPSA) is 141 Å². The molecule has 16 heteroatoms. The fourth-order valence-corrected chi connectivity index (χ4v) is 9.14. The first-order valence-corrected chi connectivity index (χ1v) is 21.8. The van der Waals surface area contributed by atoms with E-state index in [4.69, 9.17) is 24.1 Å². The number of benzene rings is 6. The summed E-state index contributed by atoms with van der Waals surface area (Å²) in [6.07, 6.45) is -7.28. The van der Waals surface area contributed by atoms with Crippen molar-refractivity contribution in [2.45, 2.75) is 41.3 Å². The van der Waals surface area contributed by atoms with Crippen molar-refractivity contribution in [3.05, 3.63) is 228 Å². The average Bonchev–Trinajstić information content (AvgIpc) is 3.90. The Kier molecular flexibility index (Phi) is 11.8. The third-order valence-corrected chi connectivity index (χ3v) is 12.4. The Hall–Kier alpha value is -6.82. The summed E-state index contributed by atoms with van der Waals surface area (Å²) >= 11 is 0. The number of nitrogens with two attached hydrogens (primary N) is 1. The number of ether oxygens (including phenoxy) is 3. The lowest BCUT2D eigenvalue weighted by Gasteiger charge is -2.40. The van der Waals surface area contributed by atoms with Crippen LogP contribution in [-0.2, 0) is 39.7 Å². The highest BCUT2D eigenvalue weighted by Crippen LogP contribution is 2.49. The lowest BCUT2D eigenvalue weighted by molar-refractivity contribution is -0.122. The van der Waals surface area contributed by atoms with E-state index in [1.54, 1.807) is 91.0 Å². The van der Waals surface area contributed by atoms with E-state index in [0.29, 0.717) is 33.4 Å². The van der Waals surface area contributed by atoms with Crippen molar-refractivity contribution in [1.82, 2.24) is 19.5 Å². The number of imidazole rings is 1. The van der Waals surface area contributed by atoms with Gasteiger partial charge in [0.25, 0.3) is 0 Å². The predicted molar refractivity (Wildman–Crippen MR) is 233 cm³/mol. The second-order valence-electron chi connectivity index (χ2n) is 15.2. The van der Waals surface area contributed by atoms with E-state index in [0.717, 1.165) is 0 Å². The first-order valence-electron chi connectivity index (χ1n) is 20.4. The number of nitrogens with zero attached hydrogens (tertiary/aromatic N) is 4. The molecular weight excluding hydrogens is 863 g/mol. The predicted octanol–water partition coefficient (Wildman–Crippen LogP) is 9.07. The van der Waals surface area contributed by atoms with Crippen molar-refractivity contribution in [2.24, 2.45) is 0 Å². The summed E-state index contributed by atoms with van der Waals surface area (Å²) < 4.78 is 114. The quantitative estimate of drug-likeness (QED) is 0.0370. The highest BCUT2D eigenvalue weighted by atomic mass is 32.2. The molecule has 0 amide bonds. The zero-order valence-corrected chi connectivity index (χ0v) is 35.0. The molecule has 2 aromatic heterocycles. The van der Waals surface area contributed by atoms with Crippen LogP contribution in [0.2, 0.25) is 0 Å². The molecule has 11 nitrogen and oxygen atoms in total. The minimum Gasteiger partial charge on any atom is -0.382 e. The zero-order valence-electron chi connectivity index (χ0n) is 34.2. The maximum absolute atomic E-state index is 15.1. The number of nitrogen functional groups attached to an aromatic ring is 1. The van der Waals surface area contributed by atoms with E-state index in [1.807, 2.05) is 91.0 Å². The molecule has 6 aromatic carbocycles. The maximum atomic E-state index is 15.1. The first kappa shape index (κ1) is 43.4. The molecule has 0 aliphatic carbocycles. The molecule has 2 N–H and O–H groups in total. The van der Waals surface area contributed by atoms with Crippen molar-refractivity contribution in [3.8, 4) is 0 Å². The molecule has 3 heterocycles. The van der Waals surface area contributed by atoms with Gasteiger partial charge in [0, 0.05) is 0 Å². The van der Waals surface area contributed by atoms with Gasteiger partial charge in [0.15, 0.2) is 23.2 Å². The fourth-order valence-electron chi connectivity index (χ4n) is 8.51. The van der Waals surface area contributed by atoms with Gasteiger partial charge in [-0.25, -0.2) is 4.98 Å². The highest BCUT2D eigenvalue weighted by molar-refractivity contribution is 7.87. The lowest BCUT2D eigenvalue weighted by atomic mass is 9.79. The summed E-state index contributed by atoms with van der Waals surface area (Å²) in [6, 6.07) is 54.1. The van der Waals surface area contributed by atoms with Crippen molar-refractivity contribution >= 4 is 27.1 Å². The normalized spacial score (nSPS) is 18.2. The molecule has 1 fully saturated rings. The lowest BCUT2D eigenvalue weighted by Crippen LogP contribution is -2.48. The fraction of sp³-hybridized carbons (Fsp3) is 0.163. The number of hydrogen-bond acceptors (Lipinski definition) is 10. The summed E-state index contributed by atoms with van der Waals surface area (Å²) in [5, 5.41) is 0. The number of hydrogen-bond donors (Lipinski definition) is 1. The van der Waals surface area contributed by atoms with Crippen LogP contribution in [0.1, 0.15) is 39.6 Å². The van der Waals surface area contributed by atoms with Crippen LogP contribution >= 0.6 is 0 Å². The number of aromatic nitrogens is 4. The maximum Gasteiger partial charge on any atom is 0.523 e. The second-order valence-corrected chi connectivity index (χ2v) is 16.7. The van der Waals surface area contributed by atoms with Crippen molar-refractivity contribution in [1.29, 1.82) is 0 Å². The van der Waals surface area contributed by atoms with Crippen molar-refractivity contribution in [3.63, 3.8) is 0 Å².